The molecule has 112 valence electrons. The van der Waals surface area contributed by atoms with Gasteiger partial charge < -0.3 is 10.5 Å². The molecule has 7 heteroatoms. The standard InChI is InChI=1S/C13H20N2O4S/c1-4-19-13(16)5-6-15-20(17,18)12-8-11(14)7-9(2)10(12)3/h7-8,15H,4-6,14H2,1-3H3. The van der Waals surface area contributed by atoms with E-state index in [4.69, 9.17) is 10.5 Å². The highest BCUT2D eigenvalue weighted by Gasteiger charge is 2.18. The van der Waals surface area contributed by atoms with Crippen LogP contribution < -0.4 is 10.5 Å². The Morgan fingerprint density at radius 2 is 2.00 bits per heavy atom. The smallest absolute Gasteiger partial charge is 0.307 e. The Labute approximate surface area is 119 Å². The molecule has 0 radical (unpaired) electrons. The molecule has 0 aliphatic carbocycles. The third-order valence-corrected chi connectivity index (χ3v) is 4.45. The first-order chi connectivity index (χ1) is 9.27. The number of aryl methyl sites for hydroxylation is 1. The van der Waals surface area contributed by atoms with E-state index >= 15 is 0 Å². The molecule has 1 aromatic rings. The van der Waals surface area contributed by atoms with Gasteiger partial charge in [0.2, 0.25) is 10.0 Å². The fourth-order valence-electron chi connectivity index (χ4n) is 1.73. The Kier molecular flexibility index (Phi) is 5.52. The zero-order valence-corrected chi connectivity index (χ0v) is 12.7. The number of ether oxygens (including phenoxy) is 1. The van der Waals surface area contributed by atoms with Crippen molar-refractivity contribution >= 4 is 21.7 Å². The van der Waals surface area contributed by atoms with Gasteiger partial charge in [-0.05, 0) is 44.0 Å². The van der Waals surface area contributed by atoms with Crippen molar-refractivity contribution in [3.8, 4) is 0 Å². The van der Waals surface area contributed by atoms with Gasteiger partial charge in [0.25, 0.3) is 0 Å². The van der Waals surface area contributed by atoms with Gasteiger partial charge in [-0.1, -0.05) is 0 Å². The Balaban J connectivity index is 2.82. The first kappa shape index (κ1) is 16.5. The van der Waals surface area contributed by atoms with E-state index in [0.717, 1.165) is 5.56 Å². The van der Waals surface area contributed by atoms with Gasteiger partial charge >= 0.3 is 5.97 Å². The van der Waals surface area contributed by atoms with Crippen molar-refractivity contribution in [2.75, 3.05) is 18.9 Å². The van der Waals surface area contributed by atoms with Crippen molar-refractivity contribution in [2.45, 2.75) is 32.1 Å². The molecule has 20 heavy (non-hydrogen) atoms. The number of hydrogen-bond donors (Lipinski definition) is 2. The lowest BCUT2D eigenvalue weighted by Crippen LogP contribution is -2.27. The van der Waals surface area contributed by atoms with Gasteiger partial charge in [-0.2, -0.15) is 0 Å². The molecular weight excluding hydrogens is 280 g/mol. The number of anilines is 1. The monoisotopic (exact) mass is 300 g/mol. The second-order valence-corrected chi connectivity index (χ2v) is 6.15. The summed E-state index contributed by atoms with van der Waals surface area (Å²) in [6.07, 6.45) is -0.00653. The minimum absolute atomic E-state index is 0.00550. The number of carbonyl (C=O) groups is 1. The molecule has 1 aromatic carbocycles. The van der Waals surface area contributed by atoms with E-state index in [0.29, 0.717) is 11.3 Å². The van der Waals surface area contributed by atoms with Gasteiger partial charge in [-0.25, -0.2) is 13.1 Å². The number of hydrogen-bond acceptors (Lipinski definition) is 5. The summed E-state index contributed by atoms with van der Waals surface area (Å²) in [5.41, 5.74) is 7.51. The van der Waals surface area contributed by atoms with Crippen LogP contribution in [0.3, 0.4) is 0 Å². The zero-order valence-electron chi connectivity index (χ0n) is 11.9. The van der Waals surface area contributed by atoms with E-state index in [-0.39, 0.29) is 24.5 Å². The van der Waals surface area contributed by atoms with Crippen molar-refractivity contribution < 1.29 is 17.9 Å². The van der Waals surface area contributed by atoms with E-state index in [1.807, 2.05) is 0 Å². The number of nitrogens with two attached hydrogens (primary N) is 1. The summed E-state index contributed by atoms with van der Waals surface area (Å²) in [5.74, 6) is -0.435. The quantitative estimate of drug-likeness (QED) is 0.606. The molecule has 3 N–H and O–H groups in total. The minimum atomic E-state index is -3.68. The second-order valence-electron chi connectivity index (χ2n) is 4.41. The van der Waals surface area contributed by atoms with E-state index in [9.17, 15) is 13.2 Å². The number of nitrogen functional groups attached to an aromatic ring is 1. The van der Waals surface area contributed by atoms with E-state index in [2.05, 4.69) is 4.72 Å². The topological polar surface area (TPSA) is 98.5 Å². The molecule has 0 saturated heterocycles. The molecule has 0 saturated carbocycles. The summed E-state index contributed by atoms with van der Waals surface area (Å²) in [5, 5.41) is 0. The van der Waals surface area contributed by atoms with Crippen LogP contribution in [0.5, 0.6) is 0 Å². The summed E-state index contributed by atoms with van der Waals surface area (Å²) < 4.78 is 31.5. The zero-order chi connectivity index (χ0) is 15.3. The molecule has 0 fully saturated rings. The van der Waals surface area contributed by atoms with Gasteiger partial charge in [-0.15, -0.1) is 0 Å². The molecule has 0 aromatic heterocycles. The molecule has 0 bridgehead atoms. The lowest BCUT2D eigenvalue weighted by atomic mass is 10.1. The van der Waals surface area contributed by atoms with Crippen LogP contribution in [0.15, 0.2) is 17.0 Å². The Hall–Kier alpha value is -1.60. The molecule has 0 amide bonds. The van der Waals surface area contributed by atoms with Gasteiger partial charge in [0, 0.05) is 12.2 Å². The molecule has 6 nitrogen and oxygen atoms in total. The molecular formula is C13H20N2O4S. The Morgan fingerprint density at radius 3 is 2.60 bits per heavy atom. The molecule has 1 rings (SSSR count). The number of rotatable bonds is 6. The lowest BCUT2D eigenvalue weighted by Gasteiger charge is -2.12. The number of carbonyl (C=O) groups excluding carboxylic acids is 1. The highest BCUT2D eigenvalue weighted by Crippen LogP contribution is 2.22. The van der Waals surface area contributed by atoms with Crippen LogP contribution in [-0.4, -0.2) is 27.5 Å². The molecule has 0 aliphatic heterocycles. The van der Waals surface area contributed by atoms with E-state index in [1.165, 1.54) is 6.07 Å². The third kappa shape index (κ3) is 4.21. The fraction of sp³-hybridized carbons (Fsp3) is 0.462. The Bertz CT molecular complexity index is 597. The van der Waals surface area contributed by atoms with Gasteiger partial charge in [0.15, 0.2) is 0 Å². The van der Waals surface area contributed by atoms with Gasteiger partial charge in [0.05, 0.1) is 17.9 Å². The van der Waals surface area contributed by atoms with E-state index in [1.54, 1.807) is 26.8 Å². The summed E-state index contributed by atoms with van der Waals surface area (Å²) in [7, 11) is -3.68. The molecule has 0 aliphatic rings. The van der Waals surface area contributed by atoms with Crippen LogP contribution >= 0.6 is 0 Å². The largest absolute Gasteiger partial charge is 0.466 e. The normalized spacial score (nSPS) is 11.3. The molecule has 0 spiro atoms. The SMILES string of the molecule is CCOC(=O)CCNS(=O)(=O)c1cc(N)cc(C)c1C. The van der Waals surface area contributed by atoms with Gasteiger partial charge in [0.1, 0.15) is 0 Å². The summed E-state index contributed by atoms with van der Waals surface area (Å²) in [4.78, 5) is 11.3. The molecule has 0 heterocycles. The molecule has 0 atom stereocenters. The van der Waals surface area contributed by atoms with Crippen LogP contribution in [0.2, 0.25) is 0 Å². The van der Waals surface area contributed by atoms with Crippen LogP contribution in [-0.2, 0) is 19.6 Å². The van der Waals surface area contributed by atoms with Crippen molar-refractivity contribution in [1.82, 2.24) is 4.72 Å². The Morgan fingerprint density at radius 1 is 1.35 bits per heavy atom. The van der Waals surface area contributed by atoms with Crippen molar-refractivity contribution in [1.29, 1.82) is 0 Å². The number of sulfonamides is 1. The predicted octanol–water partition coefficient (Wildman–Crippen LogP) is 1.12. The summed E-state index contributed by atoms with van der Waals surface area (Å²) in [6, 6.07) is 3.13. The number of benzene rings is 1. The van der Waals surface area contributed by atoms with Gasteiger partial charge in [-0.3, -0.25) is 4.79 Å². The second kappa shape index (κ2) is 6.71. The molecule has 0 unspecified atom stereocenters. The maximum absolute atomic E-state index is 12.2. The van der Waals surface area contributed by atoms with Crippen molar-refractivity contribution in [3.63, 3.8) is 0 Å². The lowest BCUT2D eigenvalue weighted by molar-refractivity contribution is -0.142. The first-order valence-electron chi connectivity index (χ1n) is 6.30. The van der Waals surface area contributed by atoms with Crippen LogP contribution in [0.25, 0.3) is 0 Å². The highest BCUT2D eigenvalue weighted by molar-refractivity contribution is 7.89. The van der Waals surface area contributed by atoms with Crippen molar-refractivity contribution in [2.24, 2.45) is 0 Å². The fourth-order valence-corrected chi connectivity index (χ4v) is 3.11. The number of nitrogens with one attached hydrogen (secondary N) is 1. The first-order valence-corrected chi connectivity index (χ1v) is 7.78. The summed E-state index contributed by atoms with van der Waals surface area (Å²) in [6.45, 7) is 5.48. The average molecular weight is 300 g/mol. The number of esters is 1. The maximum Gasteiger partial charge on any atom is 0.307 e. The highest BCUT2D eigenvalue weighted by atomic mass is 32.2. The summed E-state index contributed by atoms with van der Waals surface area (Å²) >= 11 is 0. The van der Waals surface area contributed by atoms with Crippen LogP contribution in [0, 0.1) is 13.8 Å². The van der Waals surface area contributed by atoms with Crippen LogP contribution in [0.4, 0.5) is 5.69 Å². The minimum Gasteiger partial charge on any atom is -0.466 e. The van der Waals surface area contributed by atoms with Crippen LogP contribution in [0.1, 0.15) is 24.5 Å². The third-order valence-electron chi connectivity index (χ3n) is 2.86. The maximum atomic E-state index is 12.2. The average Bonchev–Trinajstić information content (AvgIpc) is 2.33. The van der Waals surface area contributed by atoms with E-state index < -0.39 is 16.0 Å². The van der Waals surface area contributed by atoms with Crippen molar-refractivity contribution in [3.05, 3.63) is 23.3 Å². The predicted molar refractivity (Wildman–Crippen MR) is 76.8 cm³/mol.